The zero-order chi connectivity index (χ0) is 12.8. The molecule has 2 rings (SSSR count). The third kappa shape index (κ3) is 4.32. The van der Waals surface area contributed by atoms with E-state index in [9.17, 15) is 0 Å². The standard InChI is InChI=1S/C14H27NOS2/c1-3-15-13(7-6-12-5-4-8-16-12)14-11(2)17-9-10-18-14/h11-15H,3-10H2,1-2H3. The van der Waals surface area contributed by atoms with Crippen LogP contribution in [-0.2, 0) is 4.74 Å². The van der Waals surface area contributed by atoms with E-state index in [1.165, 1.54) is 37.2 Å². The fourth-order valence-electron chi connectivity index (χ4n) is 2.97. The third-order valence-corrected chi connectivity index (χ3v) is 7.17. The molecule has 18 heavy (non-hydrogen) atoms. The van der Waals surface area contributed by atoms with Crippen molar-refractivity contribution in [3.63, 3.8) is 0 Å². The summed E-state index contributed by atoms with van der Waals surface area (Å²) in [6.07, 6.45) is 5.61. The minimum Gasteiger partial charge on any atom is -0.378 e. The van der Waals surface area contributed by atoms with Crippen molar-refractivity contribution < 1.29 is 4.74 Å². The van der Waals surface area contributed by atoms with Crippen molar-refractivity contribution in [2.24, 2.45) is 0 Å². The van der Waals surface area contributed by atoms with Crippen molar-refractivity contribution >= 4 is 23.5 Å². The smallest absolute Gasteiger partial charge is 0.0576 e. The van der Waals surface area contributed by atoms with E-state index in [-0.39, 0.29) is 0 Å². The monoisotopic (exact) mass is 289 g/mol. The van der Waals surface area contributed by atoms with E-state index in [1.807, 2.05) is 0 Å². The molecule has 2 aliphatic rings. The topological polar surface area (TPSA) is 21.3 Å². The Hall–Kier alpha value is 0.620. The molecule has 0 bridgehead atoms. The Morgan fingerprint density at radius 1 is 1.33 bits per heavy atom. The first-order valence-electron chi connectivity index (χ1n) is 7.39. The molecule has 2 heterocycles. The SMILES string of the molecule is CCNC(CCC1CCCO1)C1SCCSC1C. The van der Waals surface area contributed by atoms with Crippen LogP contribution in [0.1, 0.15) is 39.5 Å². The molecule has 0 amide bonds. The molecule has 0 radical (unpaired) electrons. The molecule has 4 atom stereocenters. The highest BCUT2D eigenvalue weighted by Gasteiger charge is 2.30. The van der Waals surface area contributed by atoms with Crippen molar-refractivity contribution in [1.29, 1.82) is 0 Å². The third-order valence-electron chi connectivity index (χ3n) is 3.92. The van der Waals surface area contributed by atoms with Gasteiger partial charge in [-0.2, -0.15) is 23.5 Å². The van der Waals surface area contributed by atoms with Gasteiger partial charge in [0.1, 0.15) is 0 Å². The number of nitrogens with one attached hydrogen (secondary N) is 1. The molecule has 2 nitrogen and oxygen atoms in total. The molecule has 2 saturated heterocycles. The second kappa shape index (κ2) is 8.03. The van der Waals surface area contributed by atoms with Crippen molar-refractivity contribution in [1.82, 2.24) is 5.32 Å². The van der Waals surface area contributed by atoms with Crippen LogP contribution in [0.25, 0.3) is 0 Å². The summed E-state index contributed by atoms with van der Waals surface area (Å²) in [4.78, 5) is 0. The molecule has 0 aromatic rings. The summed E-state index contributed by atoms with van der Waals surface area (Å²) in [6, 6.07) is 0.673. The van der Waals surface area contributed by atoms with Gasteiger partial charge in [0.05, 0.1) is 6.10 Å². The first-order chi connectivity index (χ1) is 8.81. The molecular formula is C14H27NOS2. The Kier molecular flexibility index (Phi) is 6.70. The van der Waals surface area contributed by atoms with E-state index in [0.29, 0.717) is 12.1 Å². The molecule has 4 unspecified atom stereocenters. The summed E-state index contributed by atoms with van der Waals surface area (Å²) < 4.78 is 5.76. The van der Waals surface area contributed by atoms with Crippen LogP contribution in [0.2, 0.25) is 0 Å². The first-order valence-corrected chi connectivity index (χ1v) is 9.49. The quantitative estimate of drug-likeness (QED) is 0.810. The average molecular weight is 290 g/mol. The summed E-state index contributed by atoms with van der Waals surface area (Å²) >= 11 is 4.32. The lowest BCUT2D eigenvalue weighted by Crippen LogP contribution is -2.44. The zero-order valence-electron chi connectivity index (χ0n) is 11.7. The molecule has 4 heteroatoms. The highest BCUT2D eigenvalue weighted by molar-refractivity contribution is 8.07. The molecule has 0 aromatic heterocycles. The van der Waals surface area contributed by atoms with Gasteiger partial charge in [-0.05, 0) is 32.2 Å². The average Bonchev–Trinajstić information content (AvgIpc) is 2.88. The second-order valence-electron chi connectivity index (χ2n) is 5.29. The van der Waals surface area contributed by atoms with Gasteiger partial charge in [0, 0.05) is 34.7 Å². The summed E-state index contributed by atoms with van der Waals surface area (Å²) in [6.45, 7) is 6.70. The lowest BCUT2D eigenvalue weighted by Gasteiger charge is -2.35. The predicted molar refractivity (Wildman–Crippen MR) is 83.8 cm³/mol. The van der Waals surface area contributed by atoms with Crippen molar-refractivity contribution in [3.8, 4) is 0 Å². The first kappa shape index (κ1) is 15.0. The predicted octanol–water partition coefficient (Wildman–Crippen LogP) is 3.16. The lowest BCUT2D eigenvalue weighted by molar-refractivity contribution is 0.0995. The number of hydrogen-bond donors (Lipinski definition) is 1. The van der Waals surface area contributed by atoms with Gasteiger partial charge in [-0.3, -0.25) is 0 Å². The number of thioether (sulfide) groups is 2. The Bertz CT molecular complexity index is 234. The molecule has 0 spiro atoms. The van der Waals surface area contributed by atoms with Crippen molar-refractivity contribution in [2.75, 3.05) is 24.7 Å². The zero-order valence-corrected chi connectivity index (χ0v) is 13.3. The highest BCUT2D eigenvalue weighted by Crippen LogP contribution is 2.34. The van der Waals surface area contributed by atoms with Gasteiger partial charge in [0.15, 0.2) is 0 Å². The van der Waals surface area contributed by atoms with Gasteiger partial charge in [-0.15, -0.1) is 0 Å². The highest BCUT2D eigenvalue weighted by atomic mass is 32.2. The van der Waals surface area contributed by atoms with Gasteiger partial charge < -0.3 is 10.1 Å². The maximum atomic E-state index is 5.76. The fraction of sp³-hybridized carbons (Fsp3) is 1.00. The summed E-state index contributed by atoms with van der Waals surface area (Å²) in [5.74, 6) is 2.65. The van der Waals surface area contributed by atoms with Crippen LogP contribution in [0.4, 0.5) is 0 Å². The summed E-state index contributed by atoms with van der Waals surface area (Å²) in [7, 11) is 0. The van der Waals surface area contributed by atoms with E-state index in [0.717, 1.165) is 23.7 Å². The van der Waals surface area contributed by atoms with Crippen molar-refractivity contribution in [2.45, 2.75) is 62.2 Å². The maximum absolute atomic E-state index is 5.76. The van der Waals surface area contributed by atoms with Gasteiger partial charge in [0.25, 0.3) is 0 Å². The van der Waals surface area contributed by atoms with E-state index in [2.05, 4.69) is 42.7 Å². The fourth-order valence-corrected chi connectivity index (χ4v) is 5.97. The van der Waals surface area contributed by atoms with Crippen LogP contribution in [0, 0.1) is 0 Å². The van der Waals surface area contributed by atoms with Gasteiger partial charge in [0.2, 0.25) is 0 Å². The molecular weight excluding hydrogens is 262 g/mol. The Balaban J connectivity index is 1.81. The van der Waals surface area contributed by atoms with E-state index >= 15 is 0 Å². The maximum Gasteiger partial charge on any atom is 0.0576 e. The minimum atomic E-state index is 0.544. The molecule has 0 aromatic carbocycles. The molecule has 0 aliphatic carbocycles. The van der Waals surface area contributed by atoms with E-state index in [4.69, 9.17) is 4.74 Å². The van der Waals surface area contributed by atoms with E-state index < -0.39 is 0 Å². The Labute approximate surface area is 120 Å². The summed E-state index contributed by atoms with van der Waals surface area (Å²) in [5.41, 5.74) is 0. The van der Waals surface area contributed by atoms with Gasteiger partial charge in [-0.25, -0.2) is 0 Å². The molecule has 2 aliphatic heterocycles. The second-order valence-corrected chi connectivity index (χ2v) is 8.06. The van der Waals surface area contributed by atoms with Crippen LogP contribution in [-0.4, -0.2) is 47.3 Å². The number of rotatable bonds is 6. The largest absolute Gasteiger partial charge is 0.378 e. The van der Waals surface area contributed by atoms with Crippen molar-refractivity contribution in [3.05, 3.63) is 0 Å². The van der Waals surface area contributed by atoms with Crippen LogP contribution in [0.3, 0.4) is 0 Å². The normalized spacial score (nSPS) is 34.7. The minimum absolute atomic E-state index is 0.544. The van der Waals surface area contributed by atoms with Crippen LogP contribution in [0.5, 0.6) is 0 Å². The van der Waals surface area contributed by atoms with Gasteiger partial charge in [-0.1, -0.05) is 13.8 Å². The molecule has 0 saturated carbocycles. The molecule has 1 N–H and O–H groups in total. The Morgan fingerprint density at radius 3 is 2.83 bits per heavy atom. The number of ether oxygens (including phenoxy) is 1. The van der Waals surface area contributed by atoms with E-state index in [1.54, 1.807) is 0 Å². The lowest BCUT2D eigenvalue weighted by atomic mass is 10.0. The Morgan fingerprint density at radius 2 is 2.17 bits per heavy atom. The molecule has 2 fully saturated rings. The van der Waals surface area contributed by atoms with Gasteiger partial charge >= 0.3 is 0 Å². The van der Waals surface area contributed by atoms with Crippen LogP contribution in [0.15, 0.2) is 0 Å². The summed E-state index contributed by atoms with van der Waals surface area (Å²) in [5, 5.41) is 5.29. The number of hydrogen-bond acceptors (Lipinski definition) is 4. The van der Waals surface area contributed by atoms with Crippen LogP contribution < -0.4 is 5.32 Å². The van der Waals surface area contributed by atoms with Crippen LogP contribution >= 0.6 is 23.5 Å². The molecule has 106 valence electrons.